The van der Waals surface area contributed by atoms with E-state index in [-0.39, 0.29) is 18.5 Å². The van der Waals surface area contributed by atoms with Crippen molar-refractivity contribution in [1.82, 2.24) is 5.32 Å². The number of nitrogens with one attached hydrogen (secondary N) is 1. The van der Waals surface area contributed by atoms with Crippen LogP contribution >= 0.6 is 0 Å². The van der Waals surface area contributed by atoms with Crippen molar-refractivity contribution in [3.63, 3.8) is 0 Å². The number of benzene rings is 1. The molecule has 2 rings (SSSR count). The van der Waals surface area contributed by atoms with Crippen LogP contribution < -0.4 is 5.32 Å². The van der Waals surface area contributed by atoms with E-state index in [1.165, 1.54) is 18.2 Å². The van der Waals surface area contributed by atoms with E-state index in [1.54, 1.807) is 13.0 Å². The molecule has 0 bridgehead atoms. The highest BCUT2D eigenvalue weighted by Crippen LogP contribution is 2.50. The van der Waals surface area contributed by atoms with E-state index in [1.807, 2.05) is 0 Å². The Bertz CT molecular complexity index is 513. The van der Waals surface area contributed by atoms with Crippen molar-refractivity contribution in [2.75, 3.05) is 0 Å². The van der Waals surface area contributed by atoms with Crippen molar-refractivity contribution < 1.29 is 18.1 Å². The fourth-order valence-corrected chi connectivity index (χ4v) is 2.24. The molecular formula is C13H15F3N2O2. The fourth-order valence-electron chi connectivity index (χ4n) is 2.24. The molecule has 0 aromatic heterocycles. The number of nitrogens with zero attached hydrogens (tertiary/aromatic N) is 1. The summed E-state index contributed by atoms with van der Waals surface area (Å²) in [5.74, 6) is 0. The first-order chi connectivity index (χ1) is 9.29. The average molecular weight is 288 g/mol. The first kappa shape index (κ1) is 14.8. The van der Waals surface area contributed by atoms with Crippen molar-refractivity contribution in [2.24, 2.45) is 0 Å². The molecule has 1 saturated carbocycles. The van der Waals surface area contributed by atoms with Crippen LogP contribution in [0.25, 0.3) is 0 Å². The Morgan fingerprint density at radius 1 is 1.45 bits per heavy atom. The molecule has 0 amide bonds. The summed E-state index contributed by atoms with van der Waals surface area (Å²) in [6.45, 7) is 1.75. The molecule has 0 saturated heterocycles. The number of non-ortho nitro benzene ring substituents is 1. The number of alkyl halides is 3. The second-order valence-electron chi connectivity index (χ2n) is 5.04. The molecular weight excluding hydrogens is 273 g/mol. The van der Waals surface area contributed by atoms with Crippen molar-refractivity contribution in [1.29, 1.82) is 0 Å². The standard InChI is InChI=1S/C13H15F3N2O2/c1-2-11(17-12(6-7-12)13(14,15)16)9-4-3-5-10(8-9)18(19)20/h3-5,8,11,17H,2,6-7H2,1H3. The molecule has 1 N–H and O–H groups in total. The molecule has 0 radical (unpaired) electrons. The van der Waals surface area contributed by atoms with E-state index in [0.29, 0.717) is 12.0 Å². The van der Waals surface area contributed by atoms with Gasteiger partial charge in [0.25, 0.3) is 5.69 Å². The molecule has 1 unspecified atom stereocenters. The zero-order valence-corrected chi connectivity index (χ0v) is 10.9. The number of hydrogen-bond donors (Lipinski definition) is 1. The van der Waals surface area contributed by atoms with Gasteiger partial charge < -0.3 is 0 Å². The molecule has 1 aliphatic rings. The maximum Gasteiger partial charge on any atom is 0.406 e. The van der Waals surface area contributed by atoms with Gasteiger partial charge in [0.15, 0.2) is 0 Å². The minimum Gasteiger partial charge on any atom is -0.297 e. The van der Waals surface area contributed by atoms with E-state index in [0.717, 1.165) is 0 Å². The lowest BCUT2D eigenvalue weighted by Crippen LogP contribution is -2.46. The van der Waals surface area contributed by atoms with Gasteiger partial charge >= 0.3 is 6.18 Å². The van der Waals surface area contributed by atoms with E-state index in [9.17, 15) is 23.3 Å². The Labute approximate surface area is 114 Å². The highest BCUT2D eigenvalue weighted by atomic mass is 19.4. The van der Waals surface area contributed by atoms with Gasteiger partial charge in [-0.25, -0.2) is 0 Å². The lowest BCUT2D eigenvalue weighted by molar-refractivity contribution is -0.384. The molecule has 1 atom stereocenters. The van der Waals surface area contributed by atoms with Gasteiger partial charge in [0.05, 0.1) is 4.92 Å². The summed E-state index contributed by atoms with van der Waals surface area (Å²) in [5, 5.41) is 13.4. The summed E-state index contributed by atoms with van der Waals surface area (Å²) >= 11 is 0. The first-order valence-electron chi connectivity index (χ1n) is 6.38. The number of halogens is 3. The normalized spacial score (nSPS) is 18.6. The largest absolute Gasteiger partial charge is 0.406 e. The Kier molecular flexibility index (Phi) is 3.73. The number of hydrogen-bond acceptors (Lipinski definition) is 3. The predicted molar refractivity (Wildman–Crippen MR) is 67.3 cm³/mol. The molecule has 0 heterocycles. The zero-order chi connectivity index (χ0) is 15.0. The molecule has 20 heavy (non-hydrogen) atoms. The lowest BCUT2D eigenvalue weighted by Gasteiger charge is -2.27. The van der Waals surface area contributed by atoms with Crippen LogP contribution in [-0.2, 0) is 0 Å². The molecule has 4 nitrogen and oxygen atoms in total. The van der Waals surface area contributed by atoms with Crippen molar-refractivity contribution in [3.05, 3.63) is 39.9 Å². The summed E-state index contributed by atoms with van der Waals surface area (Å²) in [6.07, 6.45) is -3.75. The third-order valence-electron chi connectivity index (χ3n) is 3.63. The van der Waals surface area contributed by atoms with Crippen molar-refractivity contribution in [2.45, 2.75) is 43.9 Å². The minimum atomic E-state index is -4.29. The van der Waals surface area contributed by atoms with Crippen molar-refractivity contribution in [3.8, 4) is 0 Å². The van der Waals surface area contributed by atoms with Crippen LogP contribution in [-0.4, -0.2) is 16.6 Å². The Hall–Kier alpha value is -1.63. The number of nitro benzene ring substituents is 1. The molecule has 1 aromatic carbocycles. The van der Waals surface area contributed by atoms with E-state index in [4.69, 9.17) is 0 Å². The molecule has 1 fully saturated rings. The van der Waals surface area contributed by atoms with E-state index in [2.05, 4.69) is 5.32 Å². The van der Waals surface area contributed by atoms with Crippen LogP contribution in [0.5, 0.6) is 0 Å². The van der Waals surface area contributed by atoms with Crippen LogP contribution in [0, 0.1) is 10.1 Å². The number of nitro groups is 1. The van der Waals surface area contributed by atoms with Gasteiger partial charge in [0, 0.05) is 18.2 Å². The second kappa shape index (κ2) is 5.05. The van der Waals surface area contributed by atoms with Crippen LogP contribution in [0.2, 0.25) is 0 Å². The molecule has 110 valence electrons. The molecule has 1 aliphatic carbocycles. The second-order valence-corrected chi connectivity index (χ2v) is 5.04. The molecule has 1 aromatic rings. The summed E-state index contributed by atoms with van der Waals surface area (Å²) in [4.78, 5) is 10.2. The summed E-state index contributed by atoms with van der Waals surface area (Å²) in [5.41, 5.74) is -1.42. The summed E-state index contributed by atoms with van der Waals surface area (Å²) < 4.78 is 38.8. The molecule has 0 spiro atoms. The Morgan fingerprint density at radius 2 is 2.10 bits per heavy atom. The highest BCUT2D eigenvalue weighted by Gasteiger charge is 2.63. The summed E-state index contributed by atoms with van der Waals surface area (Å²) in [7, 11) is 0. The maximum absolute atomic E-state index is 12.9. The zero-order valence-electron chi connectivity index (χ0n) is 10.9. The van der Waals surface area contributed by atoms with Gasteiger partial charge in [-0.15, -0.1) is 0 Å². The number of rotatable bonds is 5. The average Bonchev–Trinajstić information content (AvgIpc) is 3.16. The van der Waals surface area contributed by atoms with E-state index >= 15 is 0 Å². The Balaban J connectivity index is 2.21. The van der Waals surface area contributed by atoms with Gasteiger partial charge in [-0.05, 0) is 24.8 Å². The first-order valence-corrected chi connectivity index (χ1v) is 6.38. The fraction of sp³-hybridized carbons (Fsp3) is 0.538. The monoisotopic (exact) mass is 288 g/mol. The summed E-state index contributed by atoms with van der Waals surface area (Å²) in [6, 6.07) is 5.21. The minimum absolute atomic E-state index is 0.0575. The van der Waals surface area contributed by atoms with Crippen LogP contribution in [0.15, 0.2) is 24.3 Å². The quantitative estimate of drug-likeness (QED) is 0.663. The maximum atomic E-state index is 12.9. The Morgan fingerprint density at radius 3 is 2.55 bits per heavy atom. The van der Waals surface area contributed by atoms with Gasteiger partial charge in [0.2, 0.25) is 0 Å². The SMILES string of the molecule is CCC(NC1(C(F)(F)F)CC1)c1cccc([N+](=O)[O-])c1. The van der Waals surface area contributed by atoms with Gasteiger partial charge in [-0.1, -0.05) is 19.1 Å². The third-order valence-corrected chi connectivity index (χ3v) is 3.63. The van der Waals surface area contributed by atoms with Crippen LogP contribution in [0.4, 0.5) is 18.9 Å². The molecule has 7 heteroatoms. The lowest BCUT2D eigenvalue weighted by atomic mass is 10.0. The predicted octanol–water partition coefficient (Wildman–Crippen LogP) is 3.73. The van der Waals surface area contributed by atoms with Gasteiger partial charge in [-0.3, -0.25) is 15.4 Å². The third kappa shape index (κ3) is 2.77. The smallest absolute Gasteiger partial charge is 0.297 e. The van der Waals surface area contributed by atoms with Gasteiger partial charge in [-0.2, -0.15) is 13.2 Å². The van der Waals surface area contributed by atoms with Crippen LogP contribution in [0.1, 0.15) is 37.8 Å². The van der Waals surface area contributed by atoms with Crippen LogP contribution in [0.3, 0.4) is 0 Å². The topological polar surface area (TPSA) is 55.2 Å². The van der Waals surface area contributed by atoms with Crippen molar-refractivity contribution >= 4 is 5.69 Å². The van der Waals surface area contributed by atoms with E-state index < -0.39 is 22.7 Å². The van der Waals surface area contributed by atoms with Gasteiger partial charge in [0.1, 0.15) is 5.54 Å². The highest BCUT2D eigenvalue weighted by molar-refractivity contribution is 5.36. The molecule has 0 aliphatic heterocycles.